The Labute approximate surface area is 141 Å². The second kappa shape index (κ2) is 8.17. The normalized spacial score (nSPS) is 12.4. The predicted molar refractivity (Wildman–Crippen MR) is 94.1 cm³/mol. The Bertz CT molecular complexity index is 627. The molecule has 0 spiro atoms. The molecule has 0 saturated heterocycles. The van der Waals surface area contributed by atoms with Gasteiger partial charge >= 0.3 is 0 Å². The summed E-state index contributed by atoms with van der Waals surface area (Å²) in [6.07, 6.45) is 4.66. The molecule has 0 radical (unpaired) electrons. The van der Waals surface area contributed by atoms with Crippen LogP contribution in [0.2, 0.25) is 0 Å². The molecule has 0 bridgehead atoms. The summed E-state index contributed by atoms with van der Waals surface area (Å²) in [6.45, 7) is 4.88. The molecule has 2 heterocycles. The van der Waals surface area contributed by atoms with Gasteiger partial charge in [0.2, 0.25) is 5.91 Å². The van der Waals surface area contributed by atoms with Gasteiger partial charge in [-0.3, -0.25) is 9.78 Å². The monoisotopic (exact) mass is 332 g/mol. The maximum absolute atomic E-state index is 12.3. The van der Waals surface area contributed by atoms with Crippen molar-refractivity contribution in [2.45, 2.75) is 32.7 Å². The highest BCUT2D eigenvalue weighted by molar-refractivity contribution is 7.13. The molecule has 0 saturated carbocycles. The van der Waals surface area contributed by atoms with Crippen LogP contribution in [-0.2, 0) is 11.2 Å². The van der Waals surface area contributed by atoms with Gasteiger partial charge in [-0.1, -0.05) is 13.8 Å². The van der Waals surface area contributed by atoms with Crippen LogP contribution in [-0.4, -0.2) is 40.4 Å². The number of amides is 1. The van der Waals surface area contributed by atoms with Crippen LogP contribution in [0.3, 0.4) is 0 Å². The lowest BCUT2D eigenvalue weighted by Crippen LogP contribution is -2.35. The molecule has 1 unspecified atom stereocenters. The Morgan fingerprint density at radius 3 is 2.87 bits per heavy atom. The van der Waals surface area contributed by atoms with Crippen molar-refractivity contribution in [3.05, 3.63) is 35.6 Å². The Kier molecular flexibility index (Phi) is 6.24. The zero-order valence-corrected chi connectivity index (χ0v) is 14.7. The van der Waals surface area contributed by atoms with Crippen LogP contribution in [0.1, 0.15) is 26.0 Å². The number of carbonyl (C=O) groups excluding carboxylic acids is 1. The molecule has 6 heteroatoms. The topological polar surface area (TPSA) is 72.1 Å². The minimum atomic E-state index is 0.0731. The number of thiazole rings is 1. The van der Waals surface area contributed by atoms with Crippen molar-refractivity contribution in [3.63, 3.8) is 0 Å². The summed E-state index contributed by atoms with van der Waals surface area (Å²) in [7, 11) is 1.82. The lowest BCUT2D eigenvalue weighted by Gasteiger charge is -2.21. The fourth-order valence-electron chi connectivity index (χ4n) is 2.10. The first-order chi connectivity index (χ1) is 11.0. The molecular weight excluding hydrogens is 308 g/mol. The summed E-state index contributed by atoms with van der Waals surface area (Å²) < 4.78 is 0. The van der Waals surface area contributed by atoms with Gasteiger partial charge in [0.1, 0.15) is 5.01 Å². The molecule has 1 atom stereocenters. The molecule has 5 nitrogen and oxygen atoms in total. The molecule has 0 aliphatic rings. The van der Waals surface area contributed by atoms with E-state index in [1.54, 1.807) is 17.3 Å². The van der Waals surface area contributed by atoms with E-state index < -0.39 is 0 Å². The van der Waals surface area contributed by atoms with Gasteiger partial charge in [0.05, 0.1) is 12.1 Å². The first-order valence-corrected chi connectivity index (χ1v) is 8.69. The van der Waals surface area contributed by atoms with Crippen molar-refractivity contribution >= 4 is 17.2 Å². The molecule has 2 rings (SSSR count). The number of carbonyl (C=O) groups is 1. The summed E-state index contributed by atoms with van der Waals surface area (Å²) in [6, 6.07) is 3.98. The van der Waals surface area contributed by atoms with Crippen LogP contribution < -0.4 is 5.73 Å². The number of rotatable bonds is 7. The molecule has 2 N–H and O–H groups in total. The standard InChI is InChI=1S/C17H24N4OS/c1-12(2)15(18)6-8-21(3)16(22)9-14-11-23-17(20-14)13-5-4-7-19-10-13/h4-5,7,10-12,15H,6,8-9,18H2,1-3H3. The molecule has 0 aromatic carbocycles. The predicted octanol–water partition coefficient (Wildman–Crippen LogP) is 2.58. The Balaban J connectivity index is 1.89. The van der Waals surface area contributed by atoms with E-state index in [9.17, 15) is 4.79 Å². The zero-order valence-electron chi connectivity index (χ0n) is 13.9. The number of hydrogen-bond donors (Lipinski definition) is 1. The van der Waals surface area contributed by atoms with E-state index in [0.29, 0.717) is 18.9 Å². The van der Waals surface area contributed by atoms with Crippen LogP contribution in [0.5, 0.6) is 0 Å². The highest BCUT2D eigenvalue weighted by Gasteiger charge is 2.15. The molecule has 0 fully saturated rings. The van der Waals surface area contributed by atoms with E-state index in [2.05, 4.69) is 23.8 Å². The van der Waals surface area contributed by atoms with Gasteiger partial charge in [-0.05, 0) is 24.5 Å². The van der Waals surface area contributed by atoms with Gasteiger partial charge in [0, 0.05) is 43.0 Å². The van der Waals surface area contributed by atoms with Crippen LogP contribution in [0.25, 0.3) is 10.6 Å². The molecule has 0 aliphatic carbocycles. The molecule has 0 aliphatic heterocycles. The van der Waals surface area contributed by atoms with Crippen LogP contribution in [0, 0.1) is 5.92 Å². The van der Waals surface area contributed by atoms with Gasteiger partial charge in [0.15, 0.2) is 0 Å². The van der Waals surface area contributed by atoms with Gasteiger partial charge in [-0.15, -0.1) is 11.3 Å². The molecule has 1 amide bonds. The molecular formula is C17H24N4OS. The van der Waals surface area contributed by atoms with E-state index in [1.165, 1.54) is 11.3 Å². The van der Waals surface area contributed by atoms with E-state index in [4.69, 9.17) is 5.73 Å². The highest BCUT2D eigenvalue weighted by Crippen LogP contribution is 2.23. The maximum atomic E-state index is 12.3. The first-order valence-electron chi connectivity index (χ1n) is 7.81. The average Bonchev–Trinajstić information content (AvgIpc) is 3.01. The van der Waals surface area contributed by atoms with Crippen molar-refractivity contribution in [1.29, 1.82) is 0 Å². The number of pyridine rings is 1. The van der Waals surface area contributed by atoms with E-state index in [-0.39, 0.29) is 11.9 Å². The smallest absolute Gasteiger partial charge is 0.228 e. The van der Waals surface area contributed by atoms with E-state index >= 15 is 0 Å². The van der Waals surface area contributed by atoms with E-state index in [1.807, 2.05) is 24.6 Å². The molecule has 2 aromatic heterocycles. The summed E-state index contributed by atoms with van der Waals surface area (Å²) in [5.74, 6) is 0.503. The van der Waals surface area contributed by atoms with Crippen molar-refractivity contribution < 1.29 is 4.79 Å². The number of nitrogens with two attached hydrogens (primary N) is 1. The summed E-state index contributed by atoms with van der Waals surface area (Å²) >= 11 is 1.54. The lowest BCUT2D eigenvalue weighted by atomic mass is 10.0. The van der Waals surface area contributed by atoms with E-state index in [0.717, 1.165) is 22.7 Å². The number of hydrogen-bond acceptors (Lipinski definition) is 5. The summed E-state index contributed by atoms with van der Waals surface area (Å²) in [5, 5.41) is 2.83. The highest BCUT2D eigenvalue weighted by atomic mass is 32.1. The SMILES string of the molecule is CC(C)C(N)CCN(C)C(=O)Cc1csc(-c2cccnc2)n1. The van der Waals surface area contributed by atoms with Crippen LogP contribution >= 0.6 is 11.3 Å². The second-order valence-corrected chi connectivity index (χ2v) is 6.93. The second-order valence-electron chi connectivity index (χ2n) is 6.07. The minimum absolute atomic E-state index is 0.0731. The Morgan fingerprint density at radius 2 is 2.22 bits per heavy atom. The van der Waals surface area contributed by atoms with Crippen molar-refractivity contribution in [3.8, 4) is 10.6 Å². The van der Waals surface area contributed by atoms with Crippen molar-refractivity contribution in [2.75, 3.05) is 13.6 Å². The maximum Gasteiger partial charge on any atom is 0.228 e. The van der Waals surface area contributed by atoms with Crippen LogP contribution in [0.15, 0.2) is 29.9 Å². The Hall–Kier alpha value is -1.79. The fourth-order valence-corrected chi connectivity index (χ4v) is 2.91. The largest absolute Gasteiger partial charge is 0.345 e. The van der Waals surface area contributed by atoms with Gasteiger partial charge < -0.3 is 10.6 Å². The molecule has 2 aromatic rings. The third-order valence-electron chi connectivity index (χ3n) is 3.87. The van der Waals surface area contributed by atoms with Crippen molar-refractivity contribution in [1.82, 2.24) is 14.9 Å². The third-order valence-corrected chi connectivity index (χ3v) is 4.81. The van der Waals surface area contributed by atoms with Gasteiger partial charge in [-0.2, -0.15) is 0 Å². The molecule has 124 valence electrons. The van der Waals surface area contributed by atoms with Gasteiger partial charge in [0.25, 0.3) is 0 Å². The quantitative estimate of drug-likeness (QED) is 0.846. The van der Waals surface area contributed by atoms with Gasteiger partial charge in [-0.25, -0.2) is 4.98 Å². The number of likely N-dealkylation sites (N-methyl/N-ethyl adjacent to an activating group) is 1. The zero-order chi connectivity index (χ0) is 16.8. The van der Waals surface area contributed by atoms with Crippen molar-refractivity contribution in [2.24, 2.45) is 11.7 Å². The Morgan fingerprint density at radius 1 is 1.43 bits per heavy atom. The number of aromatic nitrogens is 2. The van der Waals surface area contributed by atoms with Crippen LogP contribution in [0.4, 0.5) is 0 Å². The third kappa shape index (κ3) is 5.11. The number of nitrogens with zero attached hydrogens (tertiary/aromatic N) is 3. The average molecular weight is 332 g/mol. The fraction of sp³-hybridized carbons (Fsp3) is 0.471. The summed E-state index contributed by atoms with van der Waals surface area (Å²) in [5.41, 5.74) is 7.81. The first kappa shape index (κ1) is 17.6. The lowest BCUT2D eigenvalue weighted by molar-refractivity contribution is -0.129. The summed E-state index contributed by atoms with van der Waals surface area (Å²) in [4.78, 5) is 22.6. The molecule has 23 heavy (non-hydrogen) atoms. The minimum Gasteiger partial charge on any atom is -0.345 e.